The Kier molecular flexibility index (Phi) is 4.17. The quantitative estimate of drug-likeness (QED) is 0.606. The molecular weight excluding hydrogens is 318 g/mol. The van der Waals surface area contributed by atoms with E-state index < -0.39 is 15.4 Å². The van der Waals surface area contributed by atoms with Crippen LogP contribution in [0.5, 0.6) is 11.5 Å². The molecule has 7 heteroatoms. The molecule has 0 N–H and O–H groups in total. The fourth-order valence-corrected chi connectivity index (χ4v) is 4.51. The number of ether oxygens (including phenoxy) is 2. The highest BCUT2D eigenvalue weighted by Gasteiger charge is 2.38. The maximum atomic E-state index is 11.3. The predicted molar refractivity (Wildman–Crippen MR) is 84.3 cm³/mol. The third-order valence-corrected chi connectivity index (χ3v) is 6.32. The van der Waals surface area contributed by atoms with Crippen LogP contribution in [0.1, 0.15) is 31.2 Å². The van der Waals surface area contributed by atoms with E-state index >= 15 is 0 Å². The number of carbonyl (C=O) groups excluding carboxylic acids is 1. The first-order valence-electron chi connectivity index (χ1n) is 7.63. The third-order valence-electron chi connectivity index (χ3n) is 4.56. The molecule has 1 aliphatic heterocycles. The second-order valence-corrected chi connectivity index (χ2v) is 8.28. The van der Waals surface area contributed by atoms with Crippen molar-refractivity contribution in [2.75, 3.05) is 18.6 Å². The maximum absolute atomic E-state index is 11.3. The van der Waals surface area contributed by atoms with Crippen LogP contribution in [0.25, 0.3) is 0 Å². The molecule has 6 nitrogen and oxygen atoms in total. The van der Waals surface area contributed by atoms with Crippen LogP contribution in [-0.4, -0.2) is 39.2 Å². The smallest absolute Gasteiger partial charge is 0.235 e. The van der Waals surface area contributed by atoms with Crippen LogP contribution in [0, 0.1) is 0 Å². The molecule has 2 fully saturated rings. The van der Waals surface area contributed by atoms with Gasteiger partial charge in [-0.15, -0.1) is 0 Å². The molecule has 0 aromatic heterocycles. The van der Waals surface area contributed by atoms with Gasteiger partial charge in [-0.05, 0) is 30.5 Å². The molecule has 1 saturated carbocycles. The van der Waals surface area contributed by atoms with E-state index in [1.807, 2.05) is 12.1 Å². The number of isocyanates is 1. The van der Waals surface area contributed by atoms with Crippen LogP contribution < -0.4 is 9.47 Å². The van der Waals surface area contributed by atoms with Crippen molar-refractivity contribution >= 4 is 15.9 Å². The molecule has 1 heterocycles. The number of rotatable bonds is 5. The summed E-state index contributed by atoms with van der Waals surface area (Å²) in [6.07, 6.45) is 4.96. The van der Waals surface area contributed by atoms with Gasteiger partial charge < -0.3 is 9.47 Å². The molecule has 1 aromatic carbocycles. The van der Waals surface area contributed by atoms with Crippen LogP contribution in [0.2, 0.25) is 0 Å². The second kappa shape index (κ2) is 5.98. The summed E-state index contributed by atoms with van der Waals surface area (Å²) in [5.41, 5.74) is 0.342. The zero-order valence-corrected chi connectivity index (χ0v) is 13.8. The first-order valence-corrected chi connectivity index (χ1v) is 9.45. The van der Waals surface area contributed by atoms with Gasteiger partial charge in [0.2, 0.25) is 6.08 Å². The zero-order valence-electron chi connectivity index (χ0n) is 12.9. The van der Waals surface area contributed by atoms with Crippen LogP contribution in [0.4, 0.5) is 0 Å². The van der Waals surface area contributed by atoms with Crippen molar-refractivity contribution in [3.05, 3.63) is 23.8 Å². The van der Waals surface area contributed by atoms with E-state index in [-0.39, 0.29) is 17.6 Å². The largest absolute Gasteiger partial charge is 0.493 e. The molecule has 0 amide bonds. The number of hydrogen-bond donors (Lipinski definition) is 0. The van der Waals surface area contributed by atoms with Gasteiger partial charge in [-0.25, -0.2) is 13.2 Å². The van der Waals surface area contributed by atoms with Gasteiger partial charge in [-0.3, -0.25) is 0 Å². The summed E-state index contributed by atoms with van der Waals surface area (Å²) in [5.74, 6) is 1.09. The standard InChI is InChI=1S/C16H19NO5S/c1-21-14-5-4-12(16(17-11-18)6-2-3-7-16)8-15(14)22-13-9-23(19,20)10-13/h4-5,8,13H,2-3,6-7,9-10H2,1H3. The lowest BCUT2D eigenvalue weighted by atomic mass is 9.88. The Hall–Kier alpha value is -1.85. The molecule has 1 aliphatic carbocycles. The van der Waals surface area contributed by atoms with Crippen LogP contribution >= 0.6 is 0 Å². The van der Waals surface area contributed by atoms with Crippen LogP contribution in [-0.2, 0) is 20.2 Å². The van der Waals surface area contributed by atoms with E-state index in [1.165, 1.54) is 7.11 Å². The average molecular weight is 337 g/mol. The first-order chi connectivity index (χ1) is 11.0. The first kappa shape index (κ1) is 16.0. The number of methoxy groups -OCH3 is 1. The van der Waals surface area contributed by atoms with Gasteiger partial charge in [0.1, 0.15) is 6.10 Å². The second-order valence-electron chi connectivity index (χ2n) is 6.12. The fraction of sp³-hybridized carbons (Fsp3) is 0.562. The number of hydrogen-bond acceptors (Lipinski definition) is 6. The molecule has 124 valence electrons. The monoisotopic (exact) mass is 337 g/mol. The van der Waals surface area contributed by atoms with E-state index in [4.69, 9.17) is 9.47 Å². The summed E-state index contributed by atoms with van der Waals surface area (Å²) in [7, 11) is -1.42. The minimum Gasteiger partial charge on any atom is -0.493 e. The lowest BCUT2D eigenvalue weighted by Crippen LogP contribution is -2.45. The Balaban J connectivity index is 1.91. The number of nitrogens with zero attached hydrogens (tertiary/aromatic N) is 1. The molecular formula is C16H19NO5S. The highest BCUT2D eigenvalue weighted by Crippen LogP contribution is 2.44. The molecule has 1 saturated heterocycles. The molecule has 1 aromatic rings. The summed E-state index contributed by atoms with van der Waals surface area (Å²) in [4.78, 5) is 14.9. The topological polar surface area (TPSA) is 82.0 Å². The lowest BCUT2D eigenvalue weighted by Gasteiger charge is -2.29. The number of benzene rings is 1. The van der Waals surface area contributed by atoms with Crippen molar-refractivity contribution in [3.8, 4) is 11.5 Å². The Bertz CT molecular complexity index is 734. The van der Waals surface area contributed by atoms with E-state index in [0.29, 0.717) is 11.5 Å². The van der Waals surface area contributed by atoms with Gasteiger partial charge >= 0.3 is 0 Å². The fourth-order valence-electron chi connectivity index (χ4n) is 3.34. The van der Waals surface area contributed by atoms with Gasteiger partial charge in [-0.2, -0.15) is 4.99 Å². The minimum absolute atomic E-state index is 0.0258. The van der Waals surface area contributed by atoms with Crippen molar-refractivity contribution in [2.24, 2.45) is 4.99 Å². The Morgan fingerprint density at radius 3 is 2.48 bits per heavy atom. The maximum Gasteiger partial charge on any atom is 0.235 e. The highest BCUT2D eigenvalue weighted by atomic mass is 32.2. The van der Waals surface area contributed by atoms with Gasteiger partial charge in [0.15, 0.2) is 21.3 Å². The van der Waals surface area contributed by atoms with Crippen molar-refractivity contribution in [1.82, 2.24) is 0 Å². The lowest BCUT2D eigenvalue weighted by molar-refractivity contribution is 0.219. The summed E-state index contributed by atoms with van der Waals surface area (Å²) in [6.45, 7) is 0. The summed E-state index contributed by atoms with van der Waals surface area (Å²) in [6, 6.07) is 5.48. The van der Waals surface area contributed by atoms with Crippen LogP contribution in [0.15, 0.2) is 23.2 Å². The van der Waals surface area contributed by atoms with Crippen molar-refractivity contribution in [1.29, 1.82) is 0 Å². The van der Waals surface area contributed by atoms with E-state index in [1.54, 1.807) is 12.1 Å². The normalized spacial score (nSPS) is 22.0. The third kappa shape index (κ3) is 3.12. The summed E-state index contributed by atoms with van der Waals surface area (Å²) in [5, 5.41) is 0. The van der Waals surface area contributed by atoms with E-state index in [9.17, 15) is 13.2 Å². The minimum atomic E-state index is -2.95. The van der Waals surface area contributed by atoms with Gasteiger partial charge in [0.05, 0.1) is 24.2 Å². The molecule has 0 unspecified atom stereocenters. The SMILES string of the molecule is COc1ccc(C2(N=C=O)CCCC2)cc1OC1CS(=O)(=O)C1. The Labute approximate surface area is 135 Å². The highest BCUT2D eigenvalue weighted by molar-refractivity contribution is 7.92. The van der Waals surface area contributed by atoms with E-state index in [0.717, 1.165) is 31.2 Å². The molecule has 0 atom stereocenters. The predicted octanol–water partition coefficient (Wildman–Crippen LogP) is 1.98. The summed E-state index contributed by atoms with van der Waals surface area (Å²) >= 11 is 0. The molecule has 23 heavy (non-hydrogen) atoms. The molecule has 0 spiro atoms. The van der Waals surface area contributed by atoms with Crippen molar-refractivity contribution < 1.29 is 22.7 Å². The van der Waals surface area contributed by atoms with Gasteiger partial charge in [0, 0.05) is 0 Å². The number of aliphatic imine (C=N–C) groups is 1. The van der Waals surface area contributed by atoms with E-state index in [2.05, 4.69) is 4.99 Å². The summed E-state index contributed by atoms with van der Waals surface area (Å²) < 4.78 is 33.7. The molecule has 0 bridgehead atoms. The number of sulfone groups is 1. The average Bonchev–Trinajstić information content (AvgIpc) is 2.95. The van der Waals surface area contributed by atoms with Gasteiger partial charge in [0.25, 0.3) is 0 Å². The van der Waals surface area contributed by atoms with Crippen molar-refractivity contribution in [2.45, 2.75) is 37.3 Å². The zero-order chi connectivity index (χ0) is 16.5. The van der Waals surface area contributed by atoms with Gasteiger partial charge in [-0.1, -0.05) is 18.9 Å². The Morgan fingerprint density at radius 2 is 1.91 bits per heavy atom. The van der Waals surface area contributed by atoms with Crippen LogP contribution in [0.3, 0.4) is 0 Å². The molecule has 3 rings (SSSR count). The molecule has 2 aliphatic rings. The Morgan fingerprint density at radius 1 is 1.22 bits per heavy atom. The molecule has 0 radical (unpaired) electrons. The van der Waals surface area contributed by atoms with Crippen molar-refractivity contribution in [3.63, 3.8) is 0 Å².